The average Bonchev–Trinajstić information content (AvgIpc) is 2.94. The van der Waals surface area contributed by atoms with Crippen molar-refractivity contribution < 1.29 is 9.30 Å². The molecule has 23 heavy (non-hydrogen) atoms. The smallest absolute Gasteiger partial charge is 0.349 e. The third-order valence-electron chi connectivity index (χ3n) is 3.93. The highest BCUT2D eigenvalue weighted by Crippen LogP contribution is 2.17. The summed E-state index contributed by atoms with van der Waals surface area (Å²) in [6.45, 7) is 6.61. The molecular weight excluding hydrogens is 310 g/mol. The van der Waals surface area contributed by atoms with E-state index in [9.17, 15) is 4.79 Å². The van der Waals surface area contributed by atoms with Crippen molar-refractivity contribution in [3.8, 4) is 5.88 Å². The molecule has 0 atom stereocenters. The molecule has 5 nitrogen and oxygen atoms in total. The van der Waals surface area contributed by atoms with Crippen LogP contribution in [0.15, 0.2) is 29.3 Å². The van der Waals surface area contributed by atoms with Crippen LogP contribution in [0.2, 0.25) is 0 Å². The van der Waals surface area contributed by atoms with Gasteiger partial charge in [0.2, 0.25) is 0 Å². The number of ether oxygens (including phenoxy) is 1. The third kappa shape index (κ3) is 2.63. The van der Waals surface area contributed by atoms with Gasteiger partial charge < -0.3 is 4.74 Å². The molecule has 3 aromatic rings. The Morgan fingerprint density at radius 3 is 2.78 bits per heavy atom. The van der Waals surface area contributed by atoms with E-state index in [1.165, 1.54) is 0 Å². The average molecular weight is 330 g/mol. The van der Waals surface area contributed by atoms with Crippen molar-refractivity contribution in [1.29, 1.82) is 0 Å². The standard InChI is InChI=1S/C17H20N3O2S/c1-5-14-16(21)19-8-6-7-11(2)15(19)20(17(14)22-4)10-13-9-18-12(3)23-13/h6-9H,5,10H2,1-4H3/q+1. The quantitative estimate of drug-likeness (QED) is 0.690. The minimum absolute atomic E-state index is 0.0141. The minimum Gasteiger partial charge on any atom is -0.465 e. The van der Waals surface area contributed by atoms with Crippen LogP contribution >= 0.6 is 11.3 Å². The van der Waals surface area contributed by atoms with E-state index >= 15 is 0 Å². The van der Waals surface area contributed by atoms with Crippen molar-refractivity contribution in [2.75, 3.05) is 7.11 Å². The van der Waals surface area contributed by atoms with Crippen molar-refractivity contribution in [2.24, 2.45) is 0 Å². The summed E-state index contributed by atoms with van der Waals surface area (Å²) in [5.41, 5.74) is 2.57. The fourth-order valence-electron chi connectivity index (χ4n) is 2.93. The summed E-state index contributed by atoms with van der Waals surface area (Å²) >= 11 is 1.66. The van der Waals surface area contributed by atoms with E-state index < -0.39 is 0 Å². The summed E-state index contributed by atoms with van der Waals surface area (Å²) in [6, 6.07) is 3.91. The van der Waals surface area contributed by atoms with Gasteiger partial charge in [0.15, 0.2) is 0 Å². The number of fused-ring (bicyclic) bond motifs is 1. The SMILES string of the molecule is CCc1c(OC)[n+](Cc2cnc(C)s2)c2c(C)cccn2c1=O. The lowest BCUT2D eigenvalue weighted by Gasteiger charge is -2.12. The van der Waals surface area contributed by atoms with Crippen LogP contribution in [0.1, 0.15) is 27.9 Å². The topological polar surface area (TPSA) is 47.5 Å². The second-order valence-electron chi connectivity index (χ2n) is 5.46. The Morgan fingerprint density at radius 1 is 1.39 bits per heavy atom. The molecule has 0 saturated heterocycles. The van der Waals surface area contributed by atoms with Gasteiger partial charge in [-0.05, 0) is 32.4 Å². The third-order valence-corrected chi connectivity index (χ3v) is 4.83. The maximum absolute atomic E-state index is 12.8. The molecule has 0 aromatic carbocycles. The molecule has 0 saturated carbocycles. The molecule has 6 heteroatoms. The lowest BCUT2D eigenvalue weighted by atomic mass is 10.2. The van der Waals surface area contributed by atoms with Gasteiger partial charge in [-0.3, -0.25) is 0 Å². The largest absolute Gasteiger partial charge is 0.465 e. The van der Waals surface area contributed by atoms with Gasteiger partial charge in [0.25, 0.3) is 11.5 Å². The summed E-state index contributed by atoms with van der Waals surface area (Å²) in [6.07, 6.45) is 4.33. The van der Waals surface area contributed by atoms with Crippen molar-refractivity contribution >= 4 is 17.0 Å². The van der Waals surface area contributed by atoms with Gasteiger partial charge in [0, 0.05) is 11.8 Å². The summed E-state index contributed by atoms with van der Waals surface area (Å²) in [5.74, 6) is 0.637. The first kappa shape index (κ1) is 15.7. The molecule has 0 bridgehead atoms. The van der Waals surface area contributed by atoms with Gasteiger partial charge in [-0.2, -0.15) is 8.97 Å². The van der Waals surface area contributed by atoms with Gasteiger partial charge in [0.1, 0.15) is 12.1 Å². The van der Waals surface area contributed by atoms with Gasteiger partial charge in [0.05, 0.1) is 23.2 Å². The number of pyridine rings is 1. The second-order valence-corrected chi connectivity index (χ2v) is 6.78. The Kier molecular flexibility index (Phi) is 4.17. The number of hydrogen-bond acceptors (Lipinski definition) is 4. The first-order valence-corrected chi connectivity index (χ1v) is 8.40. The Hall–Kier alpha value is -2.21. The van der Waals surface area contributed by atoms with Gasteiger partial charge in [-0.15, -0.1) is 11.3 Å². The fourth-order valence-corrected chi connectivity index (χ4v) is 3.71. The highest BCUT2D eigenvalue weighted by atomic mass is 32.1. The van der Waals surface area contributed by atoms with Gasteiger partial charge >= 0.3 is 5.56 Å². The summed E-state index contributed by atoms with van der Waals surface area (Å²) < 4.78 is 9.41. The maximum atomic E-state index is 12.8. The van der Waals surface area contributed by atoms with E-state index in [4.69, 9.17) is 4.74 Å². The van der Waals surface area contributed by atoms with E-state index in [0.29, 0.717) is 24.4 Å². The summed E-state index contributed by atoms with van der Waals surface area (Å²) in [7, 11) is 1.62. The molecule has 0 aliphatic heterocycles. The monoisotopic (exact) mass is 330 g/mol. The molecule has 0 aliphatic carbocycles. The molecule has 0 fully saturated rings. The molecule has 0 aliphatic rings. The highest BCUT2D eigenvalue weighted by molar-refractivity contribution is 7.11. The molecule has 3 heterocycles. The molecule has 0 unspecified atom stereocenters. The zero-order valence-corrected chi connectivity index (χ0v) is 14.6. The van der Waals surface area contributed by atoms with Gasteiger partial charge in [-0.1, -0.05) is 6.92 Å². The lowest BCUT2D eigenvalue weighted by molar-refractivity contribution is -0.671. The van der Waals surface area contributed by atoms with Crippen molar-refractivity contribution in [2.45, 2.75) is 33.7 Å². The minimum atomic E-state index is -0.0141. The van der Waals surface area contributed by atoms with Crippen LogP contribution in [0.4, 0.5) is 0 Å². The molecule has 0 radical (unpaired) electrons. The Morgan fingerprint density at radius 2 is 2.17 bits per heavy atom. The Labute approximate surface area is 138 Å². The van der Waals surface area contributed by atoms with Crippen LogP contribution in [0.3, 0.4) is 0 Å². The molecule has 0 N–H and O–H groups in total. The van der Waals surface area contributed by atoms with Crippen LogP contribution in [-0.4, -0.2) is 16.5 Å². The van der Waals surface area contributed by atoms with Crippen molar-refractivity contribution in [3.63, 3.8) is 0 Å². The van der Waals surface area contributed by atoms with Crippen molar-refractivity contribution in [1.82, 2.24) is 9.38 Å². The van der Waals surface area contributed by atoms with E-state index in [1.54, 1.807) is 22.8 Å². The summed E-state index contributed by atoms with van der Waals surface area (Å²) in [5, 5.41) is 1.03. The summed E-state index contributed by atoms with van der Waals surface area (Å²) in [4.78, 5) is 18.2. The molecule has 0 spiro atoms. The normalized spacial score (nSPS) is 11.1. The zero-order valence-electron chi connectivity index (χ0n) is 13.8. The van der Waals surface area contributed by atoms with Crippen LogP contribution < -0.4 is 14.9 Å². The number of methoxy groups -OCH3 is 1. The number of nitrogens with zero attached hydrogens (tertiary/aromatic N) is 3. The number of rotatable bonds is 4. The number of aryl methyl sites for hydroxylation is 2. The number of aromatic nitrogens is 3. The molecule has 120 valence electrons. The predicted octanol–water partition coefficient (Wildman–Crippen LogP) is 2.28. The fraction of sp³-hybridized carbons (Fsp3) is 0.353. The number of hydrogen-bond donors (Lipinski definition) is 0. The second kappa shape index (κ2) is 6.12. The Bertz CT molecular complexity index is 927. The van der Waals surface area contributed by atoms with E-state index in [-0.39, 0.29) is 5.56 Å². The van der Waals surface area contributed by atoms with E-state index in [1.807, 2.05) is 45.3 Å². The number of thiazole rings is 1. The first-order chi connectivity index (χ1) is 11.1. The van der Waals surface area contributed by atoms with E-state index in [0.717, 1.165) is 21.1 Å². The molecule has 3 rings (SSSR count). The van der Waals surface area contributed by atoms with Crippen LogP contribution in [0, 0.1) is 13.8 Å². The predicted molar refractivity (Wildman–Crippen MR) is 90.5 cm³/mol. The molecule has 0 amide bonds. The highest BCUT2D eigenvalue weighted by Gasteiger charge is 2.25. The first-order valence-electron chi connectivity index (χ1n) is 7.58. The van der Waals surface area contributed by atoms with Gasteiger partial charge in [-0.25, -0.2) is 9.78 Å². The lowest BCUT2D eigenvalue weighted by Crippen LogP contribution is -2.44. The zero-order chi connectivity index (χ0) is 16.6. The van der Waals surface area contributed by atoms with Crippen LogP contribution in [0.5, 0.6) is 5.88 Å². The van der Waals surface area contributed by atoms with Crippen molar-refractivity contribution in [3.05, 3.63) is 55.9 Å². The maximum Gasteiger partial charge on any atom is 0.349 e. The molecular formula is C17H20N3O2S+. The van der Waals surface area contributed by atoms with Crippen LogP contribution in [-0.2, 0) is 13.0 Å². The molecule has 3 aromatic heterocycles. The van der Waals surface area contributed by atoms with E-state index in [2.05, 4.69) is 9.55 Å². The Balaban J connectivity index is 2.36. The van der Waals surface area contributed by atoms with Crippen LogP contribution in [0.25, 0.3) is 5.65 Å².